The van der Waals surface area contributed by atoms with E-state index >= 15 is 0 Å². The van der Waals surface area contributed by atoms with Gasteiger partial charge in [-0.1, -0.05) is 71.6 Å². The molecule has 0 saturated heterocycles. The first-order chi connectivity index (χ1) is 18.3. The predicted octanol–water partition coefficient (Wildman–Crippen LogP) is 8.85. The molecule has 5 aliphatic rings. The second-order valence-electron chi connectivity index (χ2n) is 13.1. The van der Waals surface area contributed by atoms with Gasteiger partial charge in [-0.15, -0.1) is 0 Å². The number of hydrogen-bond donors (Lipinski definition) is 0. The topological polar surface area (TPSA) is 59.7 Å². The molecule has 0 amide bonds. The summed E-state index contributed by atoms with van der Waals surface area (Å²) in [5.41, 5.74) is 4.28. The van der Waals surface area contributed by atoms with Crippen LogP contribution in [0.5, 0.6) is 0 Å². The third-order valence-corrected chi connectivity index (χ3v) is 11.0. The van der Waals surface area contributed by atoms with E-state index in [-0.39, 0.29) is 20.4 Å². The van der Waals surface area contributed by atoms with E-state index in [0.717, 1.165) is 35.5 Å². The minimum atomic E-state index is 0. The van der Waals surface area contributed by atoms with E-state index in [4.69, 9.17) is 14.0 Å². The van der Waals surface area contributed by atoms with Crippen LogP contribution in [-0.2, 0) is 34.4 Å². The molecule has 0 spiro atoms. The Morgan fingerprint density at radius 2 is 1.51 bits per heavy atom. The van der Waals surface area contributed by atoms with E-state index in [1.54, 1.807) is 11.1 Å². The molecule has 5 rings (SSSR count). The van der Waals surface area contributed by atoms with Crippen molar-refractivity contribution >= 4 is 0 Å². The van der Waals surface area contributed by atoms with Crippen molar-refractivity contribution in [2.75, 3.05) is 0 Å². The average molecular weight is 702 g/mol. The molecule has 6 radical (unpaired) electrons. The number of fused-ring (bicyclic) bond motifs is 5. The summed E-state index contributed by atoms with van der Waals surface area (Å²) in [6, 6.07) is 0. The van der Waals surface area contributed by atoms with Gasteiger partial charge < -0.3 is 0 Å². The summed E-state index contributed by atoms with van der Waals surface area (Å²) in [6.45, 7) is 26.2. The first-order valence-corrected chi connectivity index (χ1v) is 14.6. The Morgan fingerprint density at radius 1 is 0.872 bits per heavy atom. The molecular formula is C35H47O3Re. The summed E-state index contributed by atoms with van der Waals surface area (Å²) in [5.74, 6) is 7.00. The van der Waals surface area contributed by atoms with Gasteiger partial charge in [-0.2, -0.15) is 0 Å². The van der Waals surface area contributed by atoms with Gasteiger partial charge >= 0.3 is 33.9 Å². The third-order valence-electron chi connectivity index (χ3n) is 11.0. The molecule has 0 heterocycles. The molecule has 0 aromatic carbocycles. The van der Waals surface area contributed by atoms with E-state index in [0.29, 0.717) is 10.8 Å². The molecular weight excluding hydrogens is 655 g/mol. The van der Waals surface area contributed by atoms with Crippen molar-refractivity contribution in [3.63, 3.8) is 0 Å². The fourth-order valence-corrected chi connectivity index (χ4v) is 9.17. The molecule has 39 heavy (non-hydrogen) atoms. The van der Waals surface area contributed by atoms with Gasteiger partial charge in [0.15, 0.2) is 0 Å². The van der Waals surface area contributed by atoms with Gasteiger partial charge in [-0.25, -0.2) is 0 Å². The quantitative estimate of drug-likeness (QED) is 0.196. The van der Waals surface area contributed by atoms with Crippen molar-refractivity contribution in [1.29, 1.82) is 0 Å². The summed E-state index contributed by atoms with van der Waals surface area (Å²) < 4.78 is 22.5. The van der Waals surface area contributed by atoms with Gasteiger partial charge in [0.2, 0.25) is 0 Å². The van der Waals surface area contributed by atoms with Crippen LogP contribution in [0.1, 0.15) is 98.8 Å². The Kier molecular flexibility index (Phi) is 15.6. The molecule has 7 atom stereocenters. The Morgan fingerprint density at radius 3 is 2.13 bits per heavy atom. The Labute approximate surface area is 253 Å². The van der Waals surface area contributed by atoms with Crippen LogP contribution in [0.25, 0.3) is 0 Å². The smallest absolute Gasteiger partial charge is 0 e. The maximum absolute atomic E-state index is 7.50. The largest absolute Gasteiger partial charge is 0 e. The minimum Gasteiger partial charge on any atom is 0 e. The van der Waals surface area contributed by atoms with Crippen LogP contribution in [0, 0.1) is 97.9 Å². The van der Waals surface area contributed by atoms with Crippen LogP contribution in [0.4, 0.5) is 0 Å². The number of rotatable bonds is 6. The molecule has 5 aliphatic carbocycles. The van der Waals surface area contributed by atoms with Crippen LogP contribution in [0.2, 0.25) is 0 Å². The molecule has 3 nitrogen and oxygen atoms in total. The van der Waals surface area contributed by atoms with Gasteiger partial charge in [0, 0.05) is 26.3 Å². The molecule has 0 bridgehead atoms. The van der Waals surface area contributed by atoms with Crippen LogP contribution in [0.3, 0.4) is 0 Å². The van der Waals surface area contributed by atoms with Crippen LogP contribution < -0.4 is 0 Å². The van der Waals surface area contributed by atoms with Crippen molar-refractivity contribution in [1.82, 2.24) is 0 Å². The van der Waals surface area contributed by atoms with Crippen LogP contribution in [0.15, 0.2) is 23.3 Å². The van der Waals surface area contributed by atoms with E-state index in [1.165, 1.54) is 70.1 Å². The van der Waals surface area contributed by atoms with Crippen molar-refractivity contribution < 1.29 is 34.4 Å². The van der Waals surface area contributed by atoms with E-state index in [9.17, 15) is 0 Å². The first-order valence-electron chi connectivity index (χ1n) is 14.6. The maximum atomic E-state index is 7.50. The summed E-state index contributed by atoms with van der Waals surface area (Å²) in [7, 11) is 0. The van der Waals surface area contributed by atoms with Crippen molar-refractivity contribution in [3.05, 3.63) is 74.9 Å². The fraction of sp³-hybridized carbons (Fsp3) is 0.657. The first kappa shape index (κ1) is 36.4. The zero-order valence-electron chi connectivity index (χ0n) is 24.6. The Bertz CT molecular complexity index is 862. The summed E-state index contributed by atoms with van der Waals surface area (Å²) in [6.07, 6.45) is 28.5. The van der Waals surface area contributed by atoms with Crippen LogP contribution >= 0.6 is 0 Å². The zero-order valence-corrected chi connectivity index (χ0v) is 27.3. The Balaban J connectivity index is 0.00000102. The standard InChI is InChI=1S/C32H47.3CO.Re/c1-22(2)9-8-10-23(3)28-15-16-29-27-14-13-26-21-25(24-11-6-7-12-24)17-19-31(26,4)30(27)18-20-32(28,29)5;3*1-2;/h6-7,11-13,21-23,27-30H,8-10,14-20H2,1-5H3;;;;/t23-,27+,28-,29+,30+,31+,32-;;;;/m1..../s1. The molecule has 0 aromatic heterocycles. The van der Waals surface area contributed by atoms with Crippen molar-refractivity contribution in [2.24, 2.45) is 46.3 Å². The molecule has 4 heteroatoms. The van der Waals surface area contributed by atoms with Crippen molar-refractivity contribution in [2.45, 2.75) is 98.8 Å². The van der Waals surface area contributed by atoms with E-state index in [1.807, 2.05) is 0 Å². The molecule has 3 saturated carbocycles. The normalized spacial score (nSPS) is 35.3. The second kappa shape index (κ2) is 16.7. The minimum absolute atomic E-state index is 0. The average Bonchev–Trinajstić information content (AvgIpc) is 3.59. The van der Waals surface area contributed by atoms with Gasteiger partial charge in [-0.05, 0) is 123 Å². The van der Waals surface area contributed by atoms with Crippen LogP contribution in [-0.4, -0.2) is 0 Å². The van der Waals surface area contributed by atoms with E-state index in [2.05, 4.69) is 92.4 Å². The molecule has 3 fully saturated rings. The monoisotopic (exact) mass is 702 g/mol. The van der Waals surface area contributed by atoms with Gasteiger partial charge in [0.05, 0.1) is 0 Å². The second-order valence-corrected chi connectivity index (χ2v) is 13.1. The molecule has 0 aliphatic heterocycles. The van der Waals surface area contributed by atoms with Gasteiger partial charge in [0.25, 0.3) is 0 Å². The molecule has 212 valence electrons. The predicted molar refractivity (Wildman–Crippen MR) is 149 cm³/mol. The zero-order chi connectivity index (χ0) is 28.5. The molecule has 0 unspecified atom stereocenters. The maximum Gasteiger partial charge on any atom is 0 e. The van der Waals surface area contributed by atoms with Crippen molar-refractivity contribution in [3.8, 4) is 0 Å². The summed E-state index contributed by atoms with van der Waals surface area (Å²) in [4.78, 5) is 0. The van der Waals surface area contributed by atoms with Gasteiger partial charge in [0.1, 0.15) is 0 Å². The van der Waals surface area contributed by atoms with E-state index < -0.39 is 0 Å². The number of hydrogen-bond acceptors (Lipinski definition) is 0. The molecule has 0 N–H and O–H groups in total. The third kappa shape index (κ3) is 7.61. The molecule has 0 aromatic rings. The summed E-state index contributed by atoms with van der Waals surface area (Å²) in [5, 5.41) is 0. The Hall–Kier alpha value is -0.638. The SMILES string of the molecule is CC(C)CCC[C@@H](C)[C@H]1CC[C@H]2[C@@H]3CC=C4C=C([C]5[CH][CH][CH][CH]5)CC[C@]4(C)[C@H]3CC[C@]12C.[C-]#[O+].[C-]#[O+].[C-]#[O+].[Re]. The summed E-state index contributed by atoms with van der Waals surface area (Å²) >= 11 is 0. The van der Waals surface area contributed by atoms with Gasteiger partial charge in [-0.3, -0.25) is 0 Å². The number of allylic oxidation sites excluding steroid dienone is 4. The fourth-order valence-electron chi connectivity index (χ4n) is 9.17.